The molecule has 1 aliphatic rings. The molecule has 25 heavy (non-hydrogen) atoms. The fourth-order valence-electron chi connectivity index (χ4n) is 3.62. The van der Waals surface area contributed by atoms with Crippen LogP contribution in [0.2, 0.25) is 5.02 Å². The van der Waals surface area contributed by atoms with E-state index in [0.717, 1.165) is 16.9 Å². The first kappa shape index (κ1) is 17.5. The highest BCUT2D eigenvalue weighted by Crippen LogP contribution is 2.47. The van der Waals surface area contributed by atoms with Gasteiger partial charge in [-0.15, -0.1) is 0 Å². The van der Waals surface area contributed by atoms with Gasteiger partial charge in [-0.05, 0) is 29.3 Å². The van der Waals surface area contributed by atoms with E-state index in [0.29, 0.717) is 5.02 Å². The number of anilines is 1. The molecular formula is C20H21ClN2O2. The number of hydrogen-bond acceptors (Lipinski definition) is 3. The smallest absolute Gasteiger partial charge is 0.214 e. The van der Waals surface area contributed by atoms with Crippen molar-refractivity contribution in [2.75, 3.05) is 18.5 Å². The lowest BCUT2D eigenvalue weighted by Gasteiger charge is -2.26. The van der Waals surface area contributed by atoms with E-state index in [1.165, 1.54) is 5.56 Å². The number of likely N-dealkylation sites (N-methyl/N-ethyl adjacent to an activating group) is 1. The second kappa shape index (κ2) is 6.52. The van der Waals surface area contributed by atoms with Crippen LogP contribution in [0, 0.1) is 10.1 Å². The molecule has 0 saturated heterocycles. The van der Waals surface area contributed by atoms with Gasteiger partial charge in [0.15, 0.2) is 0 Å². The third-order valence-electron chi connectivity index (χ3n) is 4.94. The normalized spacial score (nSPS) is 18.2. The molecule has 130 valence electrons. The van der Waals surface area contributed by atoms with Crippen molar-refractivity contribution in [3.8, 4) is 0 Å². The summed E-state index contributed by atoms with van der Waals surface area (Å²) in [5.74, 6) is -0.307. The first-order valence-electron chi connectivity index (χ1n) is 8.23. The van der Waals surface area contributed by atoms with Crippen molar-refractivity contribution in [1.82, 2.24) is 0 Å². The lowest BCUT2D eigenvalue weighted by Crippen LogP contribution is -2.25. The third-order valence-corrected chi connectivity index (χ3v) is 5.20. The first-order chi connectivity index (χ1) is 11.8. The van der Waals surface area contributed by atoms with Gasteiger partial charge < -0.3 is 4.90 Å². The third kappa shape index (κ3) is 3.27. The van der Waals surface area contributed by atoms with Crippen LogP contribution in [0.1, 0.15) is 30.9 Å². The van der Waals surface area contributed by atoms with E-state index in [1.54, 1.807) is 12.1 Å². The Morgan fingerprint density at radius 3 is 2.44 bits per heavy atom. The standard InChI is InChI=1S/C20H21ClN2O2/c1-20(2)17-6-4-5-7-18(17)22(3)19(20)12-15(13-23(24)25)14-8-10-16(21)11-9-14/h4-12,15H,13H2,1-3H3/b19-12-/t15-/m0/s1. The summed E-state index contributed by atoms with van der Waals surface area (Å²) in [4.78, 5) is 13.1. The van der Waals surface area contributed by atoms with E-state index in [4.69, 9.17) is 11.6 Å². The lowest BCUT2D eigenvalue weighted by atomic mass is 9.82. The lowest BCUT2D eigenvalue weighted by molar-refractivity contribution is -0.481. The van der Waals surface area contributed by atoms with Crippen molar-refractivity contribution in [2.24, 2.45) is 0 Å². The number of allylic oxidation sites excluding steroid dienone is 1. The van der Waals surface area contributed by atoms with Crippen LogP contribution in [0.5, 0.6) is 0 Å². The molecule has 5 heteroatoms. The molecule has 0 aromatic heterocycles. The maximum absolute atomic E-state index is 11.2. The molecule has 4 nitrogen and oxygen atoms in total. The molecule has 0 saturated carbocycles. The van der Waals surface area contributed by atoms with Gasteiger partial charge in [0.05, 0.1) is 5.92 Å². The molecule has 0 spiro atoms. The van der Waals surface area contributed by atoms with Gasteiger partial charge in [0.1, 0.15) is 0 Å². The fourth-order valence-corrected chi connectivity index (χ4v) is 3.74. The Hall–Kier alpha value is -2.33. The van der Waals surface area contributed by atoms with Gasteiger partial charge in [0.25, 0.3) is 0 Å². The minimum atomic E-state index is -0.307. The van der Waals surface area contributed by atoms with Gasteiger partial charge in [-0.1, -0.05) is 61.9 Å². The van der Waals surface area contributed by atoms with E-state index in [2.05, 4.69) is 30.9 Å². The minimum absolute atomic E-state index is 0.147. The van der Waals surface area contributed by atoms with Gasteiger partial charge in [0.2, 0.25) is 6.54 Å². The number of fused-ring (bicyclic) bond motifs is 1. The quantitative estimate of drug-likeness (QED) is 0.571. The summed E-state index contributed by atoms with van der Waals surface area (Å²) in [5, 5.41) is 11.8. The Kier molecular flexibility index (Phi) is 4.56. The minimum Gasteiger partial charge on any atom is -0.347 e. The summed E-state index contributed by atoms with van der Waals surface area (Å²) in [7, 11) is 2.02. The van der Waals surface area contributed by atoms with Gasteiger partial charge in [-0.2, -0.15) is 0 Å². The van der Waals surface area contributed by atoms with Crippen LogP contribution in [-0.2, 0) is 5.41 Å². The number of para-hydroxylation sites is 1. The molecule has 1 heterocycles. The molecule has 0 amide bonds. The molecule has 2 aromatic rings. The molecule has 0 radical (unpaired) electrons. The average molecular weight is 357 g/mol. The average Bonchev–Trinajstić information content (AvgIpc) is 2.76. The highest BCUT2D eigenvalue weighted by atomic mass is 35.5. The number of rotatable bonds is 4. The Labute approximate surface area is 152 Å². The monoisotopic (exact) mass is 356 g/mol. The molecule has 3 rings (SSSR count). The van der Waals surface area contributed by atoms with Crippen molar-refractivity contribution in [3.63, 3.8) is 0 Å². The highest BCUT2D eigenvalue weighted by molar-refractivity contribution is 6.30. The van der Waals surface area contributed by atoms with Gasteiger partial charge in [-0.25, -0.2) is 0 Å². The Balaban J connectivity index is 2.06. The molecule has 0 N–H and O–H groups in total. The molecule has 0 unspecified atom stereocenters. The van der Waals surface area contributed by atoms with E-state index < -0.39 is 0 Å². The zero-order chi connectivity index (χ0) is 18.2. The van der Waals surface area contributed by atoms with Crippen molar-refractivity contribution in [1.29, 1.82) is 0 Å². The predicted molar refractivity (Wildman–Crippen MR) is 102 cm³/mol. The number of hydrogen-bond donors (Lipinski definition) is 0. The van der Waals surface area contributed by atoms with Crippen LogP contribution >= 0.6 is 11.6 Å². The molecule has 1 atom stereocenters. The van der Waals surface area contributed by atoms with Crippen LogP contribution in [-0.4, -0.2) is 18.5 Å². The topological polar surface area (TPSA) is 46.4 Å². The van der Waals surface area contributed by atoms with E-state index in [9.17, 15) is 10.1 Å². The molecule has 0 fully saturated rings. The maximum Gasteiger partial charge on any atom is 0.214 e. The second-order valence-electron chi connectivity index (χ2n) is 6.93. The summed E-state index contributed by atoms with van der Waals surface area (Å²) < 4.78 is 0. The number of halogens is 1. The summed E-state index contributed by atoms with van der Waals surface area (Å²) in [5.41, 5.74) is 4.16. The molecule has 0 aliphatic carbocycles. The first-order valence-corrected chi connectivity index (χ1v) is 8.61. The van der Waals surface area contributed by atoms with Crippen molar-refractivity contribution in [3.05, 3.63) is 86.6 Å². The number of nitrogens with zero attached hydrogens (tertiary/aromatic N) is 2. The predicted octanol–water partition coefficient (Wildman–Crippen LogP) is 5.01. The largest absolute Gasteiger partial charge is 0.347 e. The van der Waals surface area contributed by atoms with Crippen LogP contribution in [0.3, 0.4) is 0 Å². The summed E-state index contributed by atoms with van der Waals surface area (Å²) >= 11 is 5.96. The Morgan fingerprint density at radius 2 is 1.84 bits per heavy atom. The fraction of sp³-hybridized carbons (Fsp3) is 0.300. The molecule has 0 bridgehead atoms. The van der Waals surface area contributed by atoms with Crippen LogP contribution in [0.4, 0.5) is 5.69 Å². The van der Waals surface area contributed by atoms with E-state index >= 15 is 0 Å². The summed E-state index contributed by atoms with van der Waals surface area (Å²) in [6.07, 6.45) is 2.03. The molecule has 1 aliphatic heterocycles. The van der Waals surface area contributed by atoms with Crippen molar-refractivity contribution in [2.45, 2.75) is 25.2 Å². The Bertz CT molecular complexity index is 828. The van der Waals surface area contributed by atoms with E-state index in [1.807, 2.05) is 37.4 Å². The zero-order valence-corrected chi connectivity index (χ0v) is 15.3. The van der Waals surface area contributed by atoms with Crippen LogP contribution < -0.4 is 4.90 Å². The zero-order valence-electron chi connectivity index (χ0n) is 14.6. The SMILES string of the molecule is CN1/C(=C\[C@@H](C[N+](=O)[O-])c2ccc(Cl)cc2)C(C)(C)c2ccccc21. The van der Waals surface area contributed by atoms with Crippen LogP contribution in [0.25, 0.3) is 0 Å². The second-order valence-corrected chi connectivity index (χ2v) is 7.36. The van der Waals surface area contributed by atoms with Crippen molar-refractivity contribution >= 4 is 17.3 Å². The number of benzene rings is 2. The molecular weight excluding hydrogens is 336 g/mol. The van der Waals surface area contributed by atoms with E-state index in [-0.39, 0.29) is 22.8 Å². The van der Waals surface area contributed by atoms with Gasteiger partial charge >= 0.3 is 0 Å². The summed E-state index contributed by atoms with van der Waals surface area (Å²) in [6.45, 7) is 4.17. The number of nitro groups is 1. The maximum atomic E-state index is 11.2. The molecule has 2 aromatic carbocycles. The highest BCUT2D eigenvalue weighted by Gasteiger charge is 2.38. The van der Waals surface area contributed by atoms with Gasteiger partial charge in [-0.3, -0.25) is 10.1 Å². The summed E-state index contributed by atoms with van der Waals surface area (Å²) in [6, 6.07) is 15.5. The Morgan fingerprint density at radius 1 is 1.20 bits per heavy atom. The van der Waals surface area contributed by atoms with Crippen LogP contribution in [0.15, 0.2) is 60.3 Å². The van der Waals surface area contributed by atoms with Gasteiger partial charge in [0, 0.05) is 33.8 Å². The van der Waals surface area contributed by atoms with Crippen molar-refractivity contribution < 1.29 is 4.92 Å².